The molecule has 9 heteroatoms. The van der Waals surface area contributed by atoms with Crippen molar-refractivity contribution in [3.05, 3.63) is 59.4 Å². The second-order valence-corrected chi connectivity index (χ2v) is 6.62. The van der Waals surface area contributed by atoms with Gasteiger partial charge in [-0.15, -0.1) is 0 Å². The SMILES string of the molecule is COc1ccc2cc(-c3nccn3-c3cnn(CCCC(N)=O)c3)c(=O)[nH]c2c1. The first-order valence-corrected chi connectivity index (χ1v) is 9.11. The van der Waals surface area contributed by atoms with Crippen LogP contribution in [-0.2, 0) is 11.3 Å². The third-order valence-corrected chi connectivity index (χ3v) is 4.64. The van der Waals surface area contributed by atoms with E-state index in [1.54, 1.807) is 41.0 Å². The van der Waals surface area contributed by atoms with Gasteiger partial charge in [-0.1, -0.05) is 0 Å². The van der Waals surface area contributed by atoms with Gasteiger partial charge in [0.15, 0.2) is 0 Å². The molecule has 0 aliphatic heterocycles. The lowest BCUT2D eigenvalue weighted by Gasteiger charge is -2.07. The molecule has 0 spiro atoms. The molecule has 0 radical (unpaired) electrons. The first-order chi connectivity index (χ1) is 14.0. The number of nitrogens with zero attached hydrogens (tertiary/aromatic N) is 4. The normalized spacial score (nSPS) is 11.1. The number of amides is 1. The summed E-state index contributed by atoms with van der Waals surface area (Å²) in [5.74, 6) is 0.856. The number of pyridine rings is 1. The number of carbonyl (C=O) groups is 1. The maximum absolute atomic E-state index is 12.7. The van der Waals surface area contributed by atoms with E-state index in [-0.39, 0.29) is 11.5 Å². The van der Waals surface area contributed by atoms with E-state index in [4.69, 9.17) is 10.5 Å². The van der Waals surface area contributed by atoms with E-state index in [9.17, 15) is 9.59 Å². The molecule has 0 fully saturated rings. The molecule has 148 valence electrons. The summed E-state index contributed by atoms with van der Waals surface area (Å²) in [6, 6.07) is 7.32. The summed E-state index contributed by atoms with van der Waals surface area (Å²) >= 11 is 0. The maximum Gasteiger partial charge on any atom is 0.259 e. The van der Waals surface area contributed by atoms with E-state index in [2.05, 4.69) is 15.1 Å². The van der Waals surface area contributed by atoms with Gasteiger partial charge in [-0.25, -0.2) is 4.98 Å². The second kappa shape index (κ2) is 7.63. The number of carbonyl (C=O) groups excluding carboxylic acids is 1. The number of aryl methyl sites for hydroxylation is 1. The summed E-state index contributed by atoms with van der Waals surface area (Å²) < 4.78 is 8.75. The Morgan fingerprint density at radius 2 is 2.17 bits per heavy atom. The lowest BCUT2D eigenvalue weighted by molar-refractivity contribution is -0.118. The van der Waals surface area contributed by atoms with E-state index >= 15 is 0 Å². The number of primary amides is 1. The number of benzene rings is 1. The Bertz CT molecular complexity index is 1240. The molecule has 4 rings (SSSR count). The van der Waals surface area contributed by atoms with Crippen LogP contribution in [0.4, 0.5) is 0 Å². The van der Waals surface area contributed by atoms with Crippen LogP contribution in [-0.4, -0.2) is 37.3 Å². The van der Waals surface area contributed by atoms with Gasteiger partial charge in [-0.2, -0.15) is 5.10 Å². The number of hydrogen-bond acceptors (Lipinski definition) is 5. The predicted octanol–water partition coefficient (Wildman–Crippen LogP) is 1.85. The van der Waals surface area contributed by atoms with Gasteiger partial charge < -0.3 is 15.5 Å². The van der Waals surface area contributed by atoms with Gasteiger partial charge in [0.05, 0.1) is 30.1 Å². The summed E-state index contributed by atoms with van der Waals surface area (Å²) in [6.45, 7) is 0.575. The average molecular weight is 392 g/mol. The number of nitrogens with one attached hydrogen (secondary N) is 1. The molecule has 0 saturated carbocycles. The van der Waals surface area contributed by atoms with Crippen molar-refractivity contribution >= 4 is 16.8 Å². The van der Waals surface area contributed by atoms with Crippen LogP contribution in [0.5, 0.6) is 5.75 Å². The highest BCUT2D eigenvalue weighted by Gasteiger charge is 2.14. The Balaban J connectivity index is 1.68. The van der Waals surface area contributed by atoms with Gasteiger partial charge in [0, 0.05) is 37.6 Å². The number of hydrogen-bond donors (Lipinski definition) is 2. The molecule has 3 heterocycles. The van der Waals surface area contributed by atoms with Crippen molar-refractivity contribution in [2.45, 2.75) is 19.4 Å². The summed E-state index contributed by atoms with van der Waals surface area (Å²) in [7, 11) is 1.58. The maximum atomic E-state index is 12.7. The van der Waals surface area contributed by atoms with Crippen LogP contribution in [0.15, 0.2) is 53.8 Å². The van der Waals surface area contributed by atoms with E-state index in [0.29, 0.717) is 42.0 Å². The lowest BCUT2D eigenvalue weighted by atomic mass is 10.1. The molecule has 0 bridgehead atoms. The Morgan fingerprint density at radius 1 is 1.31 bits per heavy atom. The van der Waals surface area contributed by atoms with Crippen molar-refractivity contribution in [2.24, 2.45) is 5.73 Å². The van der Waals surface area contributed by atoms with E-state index in [1.807, 2.05) is 24.4 Å². The zero-order valence-electron chi connectivity index (χ0n) is 15.8. The van der Waals surface area contributed by atoms with Gasteiger partial charge in [-0.05, 0) is 30.0 Å². The first kappa shape index (κ1) is 18.5. The summed E-state index contributed by atoms with van der Waals surface area (Å²) in [6.07, 6.45) is 7.86. The zero-order valence-corrected chi connectivity index (χ0v) is 15.8. The fourth-order valence-electron chi connectivity index (χ4n) is 3.20. The summed E-state index contributed by atoms with van der Waals surface area (Å²) in [4.78, 5) is 30.9. The van der Waals surface area contributed by atoms with Gasteiger partial charge in [0.1, 0.15) is 11.6 Å². The number of fused-ring (bicyclic) bond motifs is 1. The monoisotopic (exact) mass is 392 g/mol. The number of rotatable bonds is 7. The molecular weight excluding hydrogens is 372 g/mol. The summed E-state index contributed by atoms with van der Waals surface area (Å²) in [5.41, 5.74) is 6.84. The zero-order chi connectivity index (χ0) is 20.4. The lowest BCUT2D eigenvalue weighted by Crippen LogP contribution is -2.12. The molecule has 0 saturated heterocycles. The molecule has 3 aromatic heterocycles. The molecular formula is C20H20N6O3. The van der Waals surface area contributed by atoms with Crippen molar-refractivity contribution in [3.8, 4) is 22.8 Å². The minimum absolute atomic E-state index is 0.243. The first-order valence-electron chi connectivity index (χ1n) is 9.11. The number of ether oxygens (including phenoxy) is 1. The van der Waals surface area contributed by atoms with Crippen molar-refractivity contribution < 1.29 is 9.53 Å². The molecule has 1 aromatic carbocycles. The van der Waals surface area contributed by atoms with Crippen LogP contribution < -0.4 is 16.0 Å². The van der Waals surface area contributed by atoms with Crippen LogP contribution in [0, 0.1) is 0 Å². The molecule has 0 aliphatic rings. The fraction of sp³-hybridized carbons (Fsp3) is 0.200. The Kier molecular flexibility index (Phi) is 4.86. The highest BCUT2D eigenvalue weighted by molar-refractivity contribution is 5.83. The molecule has 0 unspecified atom stereocenters. The van der Waals surface area contributed by atoms with Gasteiger partial charge in [0.2, 0.25) is 5.91 Å². The van der Waals surface area contributed by atoms with E-state index in [0.717, 1.165) is 11.1 Å². The third kappa shape index (κ3) is 3.75. The average Bonchev–Trinajstić information content (AvgIpc) is 3.36. The Hall–Kier alpha value is -3.88. The number of nitrogens with two attached hydrogens (primary N) is 1. The van der Waals surface area contributed by atoms with Crippen LogP contribution in [0.1, 0.15) is 12.8 Å². The van der Waals surface area contributed by atoms with E-state index in [1.165, 1.54) is 0 Å². The number of methoxy groups -OCH3 is 1. The molecule has 29 heavy (non-hydrogen) atoms. The van der Waals surface area contributed by atoms with Crippen LogP contribution in [0.2, 0.25) is 0 Å². The van der Waals surface area contributed by atoms with Gasteiger partial charge >= 0.3 is 0 Å². The molecule has 1 amide bonds. The largest absolute Gasteiger partial charge is 0.497 e. The Labute approximate surface area is 165 Å². The predicted molar refractivity (Wildman–Crippen MR) is 108 cm³/mol. The standard InChI is InChI=1S/C20H20N6O3/c1-29-15-5-4-13-9-16(20(28)24-17(13)10-15)19-22-6-8-26(19)14-11-23-25(12-14)7-2-3-18(21)27/h4-6,8-12H,2-3,7H2,1H3,(H2,21,27)(H,24,28). The molecule has 3 N–H and O–H groups in total. The minimum atomic E-state index is -0.331. The van der Waals surface area contributed by atoms with Gasteiger partial charge in [-0.3, -0.25) is 18.8 Å². The van der Waals surface area contributed by atoms with Crippen molar-refractivity contribution in [2.75, 3.05) is 7.11 Å². The number of imidazole rings is 1. The van der Waals surface area contributed by atoms with Crippen LogP contribution in [0.25, 0.3) is 28.0 Å². The fourth-order valence-corrected chi connectivity index (χ4v) is 3.20. The quantitative estimate of drug-likeness (QED) is 0.497. The molecule has 0 atom stereocenters. The topological polar surface area (TPSA) is 121 Å². The van der Waals surface area contributed by atoms with E-state index < -0.39 is 0 Å². The van der Waals surface area contributed by atoms with Crippen LogP contribution in [0.3, 0.4) is 0 Å². The van der Waals surface area contributed by atoms with Crippen LogP contribution >= 0.6 is 0 Å². The van der Waals surface area contributed by atoms with Crippen molar-refractivity contribution in [1.29, 1.82) is 0 Å². The Morgan fingerprint density at radius 3 is 2.97 bits per heavy atom. The minimum Gasteiger partial charge on any atom is -0.497 e. The van der Waals surface area contributed by atoms with Gasteiger partial charge in [0.25, 0.3) is 5.56 Å². The van der Waals surface area contributed by atoms with Crippen molar-refractivity contribution in [1.82, 2.24) is 24.3 Å². The molecule has 4 aromatic rings. The number of aromatic nitrogens is 5. The number of aromatic amines is 1. The third-order valence-electron chi connectivity index (χ3n) is 4.64. The van der Waals surface area contributed by atoms with Crippen molar-refractivity contribution in [3.63, 3.8) is 0 Å². The highest BCUT2D eigenvalue weighted by Crippen LogP contribution is 2.23. The second-order valence-electron chi connectivity index (χ2n) is 6.62. The highest BCUT2D eigenvalue weighted by atomic mass is 16.5. The molecule has 9 nitrogen and oxygen atoms in total. The number of H-pyrrole nitrogens is 1. The smallest absolute Gasteiger partial charge is 0.259 e. The summed E-state index contributed by atoms with van der Waals surface area (Å²) in [5, 5.41) is 5.18. The molecule has 0 aliphatic carbocycles.